The van der Waals surface area contributed by atoms with Crippen molar-refractivity contribution in [2.75, 3.05) is 0 Å². The summed E-state index contributed by atoms with van der Waals surface area (Å²) in [6.45, 7) is 0. The summed E-state index contributed by atoms with van der Waals surface area (Å²) in [4.78, 5) is 0. The molecular weight excluding hydrogens is 303 g/mol. The van der Waals surface area contributed by atoms with Crippen molar-refractivity contribution in [3.63, 3.8) is 0 Å². The first-order chi connectivity index (χ1) is 9.20. The lowest BCUT2D eigenvalue weighted by Gasteiger charge is -2.19. The Bertz CT molecular complexity index is 626. The molecule has 0 bridgehead atoms. The SMILES string of the molecule is Fc1ccc(C=C2CCc3cc(Br)ccc3C2)cc1. The number of rotatable bonds is 1. The van der Waals surface area contributed by atoms with Crippen LogP contribution in [0, 0.1) is 5.82 Å². The molecule has 2 aromatic carbocycles. The molecule has 0 nitrogen and oxygen atoms in total. The maximum absolute atomic E-state index is 12.9. The Morgan fingerprint density at radius 3 is 2.53 bits per heavy atom. The van der Waals surface area contributed by atoms with Gasteiger partial charge in [-0.3, -0.25) is 0 Å². The predicted molar refractivity (Wildman–Crippen MR) is 80.5 cm³/mol. The van der Waals surface area contributed by atoms with Gasteiger partial charge in [-0.15, -0.1) is 0 Å². The number of allylic oxidation sites excluding steroid dienone is 1. The molecule has 0 aromatic heterocycles. The van der Waals surface area contributed by atoms with Gasteiger partial charge < -0.3 is 0 Å². The molecule has 0 unspecified atom stereocenters. The minimum atomic E-state index is -0.180. The number of fused-ring (bicyclic) bond motifs is 1. The second kappa shape index (κ2) is 5.30. The van der Waals surface area contributed by atoms with Gasteiger partial charge in [0.2, 0.25) is 0 Å². The normalized spacial score (nSPS) is 16.4. The van der Waals surface area contributed by atoms with Crippen molar-refractivity contribution in [3.05, 3.63) is 75.0 Å². The summed E-state index contributed by atoms with van der Waals surface area (Å²) in [5.41, 5.74) is 5.34. The average Bonchev–Trinajstić information content (AvgIpc) is 2.42. The molecule has 0 aliphatic heterocycles. The summed E-state index contributed by atoms with van der Waals surface area (Å²) in [5, 5.41) is 0. The zero-order valence-electron chi connectivity index (χ0n) is 10.5. The van der Waals surface area contributed by atoms with E-state index in [-0.39, 0.29) is 5.82 Å². The van der Waals surface area contributed by atoms with Crippen LogP contribution in [0.5, 0.6) is 0 Å². The lowest BCUT2D eigenvalue weighted by atomic mass is 9.87. The fourth-order valence-corrected chi connectivity index (χ4v) is 2.95. The number of halogens is 2. The Morgan fingerprint density at radius 1 is 0.947 bits per heavy atom. The maximum atomic E-state index is 12.9. The summed E-state index contributed by atoms with van der Waals surface area (Å²) in [7, 11) is 0. The smallest absolute Gasteiger partial charge is 0.123 e. The molecule has 0 spiro atoms. The topological polar surface area (TPSA) is 0 Å². The van der Waals surface area contributed by atoms with E-state index in [0.717, 1.165) is 29.3 Å². The first kappa shape index (κ1) is 12.6. The van der Waals surface area contributed by atoms with E-state index >= 15 is 0 Å². The van der Waals surface area contributed by atoms with Gasteiger partial charge in [0.05, 0.1) is 0 Å². The fraction of sp³-hybridized carbons (Fsp3) is 0.176. The van der Waals surface area contributed by atoms with Gasteiger partial charge in [-0.1, -0.05) is 45.8 Å². The lowest BCUT2D eigenvalue weighted by Crippen LogP contribution is -2.05. The van der Waals surface area contributed by atoms with Gasteiger partial charge in [-0.25, -0.2) is 4.39 Å². The summed E-state index contributed by atoms with van der Waals surface area (Å²) in [6.07, 6.45) is 5.35. The first-order valence-electron chi connectivity index (χ1n) is 6.43. The Morgan fingerprint density at radius 2 is 1.74 bits per heavy atom. The summed E-state index contributed by atoms with van der Waals surface area (Å²) in [5.74, 6) is -0.180. The summed E-state index contributed by atoms with van der Waals surface area (Å²) in [6, 6.07) is 13.2. The molecule has 2 aromatic rings. The zero-order chi connectivity index (χ0) is 13.2. The first-order valence-corrected chi connectivity index (χ1v) is 7.22. The fourth-order valence-electron chi connectivity index (χ4n) is 2.55. The van der Waals surface area contributed by atoms with E-state index in [0.29, 0.717) is 0 Å². The Balaban J connectivity index is 1.85. The highest BCUT2D eigenvalue weighted by molar-refractivity contribution is 9.10. The van der Waals surface area contributed by atoms with Crippen LogP contribution in [0.3, 0.4) is 0 Å². The van der Waals surface area contributed by atoms with Crippen molar-refractivity contribution in [1.82, 2.24) is 0 Å². The average molecular weight is 317 g/mol. The number of aryl methyl sites for hydroxylation is 1. The van der Waals surface area contributed by atoms with Crippen molar-refractivity contribution in [1.29, 1.82) is 0 Å². The maximum Gasteiger partial charge on any atom is 0.123 e. The van der Waals surface area contributed by atoms with Gasteiger partial charge in [-0.05, 0) is 60.2 Å². The summed E-state index contributed by atoms with van der Waals surface area (Å²) < 4.78 is 14.0. The largest absolute Gasteiger partial charge is 0.207 e. The van der Waals surface area contributed by atoms with E-state index in [1.807, 2.05) is 12.1 Å². The number of hydrogen-bond acceptors (Lipinski definition) is 0. The Labute approximate surface area is 121 Å². The molecule has 0 saturated carbocycles. The van der Waals surface area contributed by atoms with Gasteiger partial charge in [0.1, 0.15) is 5.82 Å². The third kappa shape index (κ3) is 2.95. The van der Waals surface area contributed by atoms with Gasteiger partial charge in [-0.2, -0.15) is 0 Å². The molecule has 0 heterocycles. The molecule has 1 aliphatic carbocycles. The minimum absolute atomic E-state index is 0.180. The zero-order valence-corrected chi connectivity index (χ0v) is 12.1. The highest BCUT2D eigenvalue weighted by Gasteiger charge is 2.12. The molecule has 96 valence electrons. The van der Waals surface area contributed by atoms with Crippen LogP contribution in [-0.2, 0) is 12.8 Å². The second-order valence-electron chi connectivity index (χ2n) is 4.94. The van der Waals surface area contributed by atoms with E-state index in [4.69, 9.17) is 0 Å². The molecule has 0 saturated heterocycles. The van der Waals surface area contributed by atoms with Crippen LogP contribution >= 0.6 is 15.9 Å². The van der Waals surface area contributed by atoms with E-state index in [1.165, 1.54) is 28.8 Å². The van der Waals surface area contributed by atoms with Crippen LogP contribution in [0.1, 0.15) is 23.1 Å². The second-order valence-corrected chi connectivity index (χ2v) is 5.86. The van der Waals surface area contributed by atoms with Crippen molar-refractivity contribution in [3.8, 4) is 0 Å². The molecule has 0 N–H and O–H groups in total. The third-order valence-electron chi connectivity index (χ3n) is 3.54. The standard InChI is InChI=1S/C17H14BrF/c18-16-6-5-14-10-13(1-4-15(14)11-16)9-12-2-7-17(19)8-3-12/h2-3,5-9,11H,1,4,10H2. The monoisotopic (exact) mass is 316 g/mol. The van der Waals surface area contributed by atoms with Crippen LogP contribution in [-0.4, -0.2) is 0 Å². The van der Waals surface area contributed by atoms with Crippen LogP contribution in [0.15, 0.2) is 52.5 Å². The third-order valence-corrected chi connectivity index (χ3v) is 4.04. The van der Waals surface area contributed by atoms with Crippen LogP contribution < -0.4 is 0 Å². The molecule has 1 aliphatic rings. The van der Waals surface area contributed by atoms with Crippen LogP contribution in [0.25, 0.3) is 6.08 Å². The number of hydrogen-bond donors (Lipinski definition) is 0. The van der Waals surface area contributed by atoms with Crippen molar-refractivity contribution < 1.29 is 4.39 Å². The van der Waals surface area contributed by atoms with Gasteiger partial charge >= 0.3 is 0 Å². The summed E-state index contributed by atoms with van der Waals surface area (Å²) >= 11 is 3.52. The van der Waals surface area contributed by atoms with Crippen molar-refractivity contribution in [2.45, 2.75) is 19.3 Å². The quantitative estimate of drug-likeness (QED) is 0.681. The van der Waals surface area contributed by atoms with Crippen LogP contribution in [0.4, 0.5) is 4.39 Å². The molecule has 0 radical (unpaired) electrons. The predicted octanol–water partition coefficient (Wildman–Crippen LogP) is 5.16. The van der Waals surface area contributed by atoms with Gasteiger partial charge in [0.15, 0.2) is 0 Å². The Kier molecular flexibility index (Phi) is 3.52. The van der Waals surface area contributed by atoms with E-state index < -0.39 is 0 Å². The van der Waals surface area contributed by atoms with E-state index in [9.17, 15) is 4.39 Å². The highest BCUT2D eigenvalue weighted by atomic mass is 79.9. The minimum Gasteiger partial charge on any atom is -0.207 e. The molecule has 3 rings (SSSR count). The molecule has 0 fully saturated rings. The van der Waals surface area contributed by atoms with Crippen LogP contribution in [0.2, 0.25) is 0 Å². The van der Waals surface area contributed by atoms with E-state index in [1.54, 1.807) is 0 Å². The molecule has 0 atom stereocenters. The van der Waals surface area contributed by atoms with Gasteiger partial charge in [0, 0.05) is 4.47 Å². The van der Waals surface area contributed by atoms with Gasteiger partial charge in [0.25, 0.3) is 0 Å². The number of benzene rings is 2. The molecule has 0 amide bonds. The lowest BCUT2D eigenvalue weighted by molar-refractivity contribution is 0.627. The van der Waals surface area contributed by atoms with E-state index in [2.05, 4.69) is 40.2 Å². The van der Waals surface area contributed by atoms with Crippen molar-refractivity contribution in [2.24, 2.45) is 0 Å². The molecular formula is C17H14BrF. The molecule has 19 heavy (non-hydrogen) atoms. The van der Waals surface area contributed by atoms with Crippen molar-refractivity contribution >= 4 is 22.0 Å². The Hall–Kier alpha value is -1.41. The highest BCUT2D eigenvalue weighted by Crippen LogP contribution is 2.28. The molecule has 2 heteroatoms.